The number of amides is 1. The highest BCUT2D eigenvalue weighted by Crippen LogP contribution is 2.34. The van der Waals surface area contributed by atoms with Gasteiger partial charge in [0, 0.05) is 12.6 Å². The fourth-order valence-corrected chi connectivity index (χ4v) is 4.17. The highest BCUT2D eigenvalue weighted by molar-refractivity contribution is 5.82. The van der Waals surface area contributed by atoms with Crippen LogP contribution in [0.4, 0.5) is 0 Å². The van der Waals surface area contributed by atoms with Crippen LogP contribution in [0.5, 0.6) is 0 Å². The van der Waals surface area contributed by atoms with Gasteiger partial charge in [-0.3, -0.25) is 4.79 Å². The van der Waals surface area contributed by atoms with Crippen molar-refractivity contribution in [2.45, 2.75) is 69.9 Å². The molecule has 1 saturated carbocycles. The quantitative estimate of drug-likeness (QED) is 0.815. The summed E-state index contributed by atoms with van der Waals surface area (Å²) < 4.78 is 0. The highest BCUT2D eigenvalue weighted by atomic mass is 16.2. The van der Waals surface area contributed by atoms with Crippen LogP contribution in [0.2, 0.25) is 0 Å². The molecule has 0 aromatic carbocycles. The molecule has 2 unspecified atom stereocenters. The highest BCUT2D eigenvalue weighted by Gasteiger charge is 2.38. The van der Waals surface area contributed by atoms with Crippen LogP contribution in [0.15, 0.2) is 0 Å². The Morgan fingerprint density at radius 2 is 1.78 bits per heavy atom. The average Bonchev–Trinajstić information content (AvgIpc) is 3.10. The van der Waals surface area contributed by atoms with Crippen molar-refractivity contribution in [2.75, 3.05) is 13.1 Å². The molecular formula is C15H26N2O. The summed E-state index contributed by atoms with van der Waals surface area (Å²) in [6, 6.07) is 0.703. The van der Waals surface area contributed by atoms with Crippen molar-refractivity contribution < 1.29 is 4.79 Å². The summed E-state index contributed by atoms with van der Waals surface area (Å²) in [6.45, 7) is 2.04. The van der Waals surface area contributed by atoms with E-state index in [0.29, 0.717) is 11.9 Å². The molecule has 1 amide bonds. The fourth-order valence-electron chi connectivity index (χ4n) is 4.17. The normalized spacial score (nSPS) is 34.1. The maximum atomic E-state index is 12.6. The van der Waals surface area contributed by atoms with Crippen LogP contribution in [0, 0.1) is 5.92 Å². The number of nitrogens with zero attached hydrogens (tertiary/aromatic N) is 1. The summed E-state index contributed by atoms with van der Waals surface area (Å²) in [4.78, 5) is 14.8. The molecule has 3 heteroatoms. The number of hydrogen-bond acceptors (Lipinski definition) is 2. The molecule has 0 aromatic rings. The third-order valence-corrected chi connectivity index (χ3v) is 5.13. The monoisotopic (exact) mass is 250 g/mol. The van der Waals surface area contributed by atoms with Gasteiger partial charge in [-0.05, 0) is 51.0 Å². The van der Waals surface area contributed by atoms with Crippen molar-refractivity contribution >= 4 is 5.91 Å². The second-order valence-corrected chi connectivity index (χ2v) is 6.29. The zero-order valence-corrected chi connectivity index (χ0v) is 11.4. The standard InChI is InChI=1S/C15H26N2O/c18-15(13-8-4-10-16-13)17-11-5-9-14(17)12-6-2-1-3-7-12/h12-14,16H,1-11H2. The van der Waals surface area contributed by atoms with Crippen molar-refractivity contribution in [3.63, 3.8) is 0 Å². The maximum Gasteiger partial charge on any atom is 0.239 e. The number of hydrogen-bond donors (Lipinski definition) is 1. The number of likely N-dealkylation sites (tertiary alicyclic amines) is 1. The van der Waals surface area contributed by atoms with Crippen LogP contribution in [0.3, 0.4) is 0 Å². The SMILES string of the molecule is O=C(C1CCCN1)N1CCCC1C1CCCCC1. The van der Waals surface area contributed by atoms with Crippen LogP contribution in [-0.4, -0.2) is 36.0 Å². The lowest BCUT2D eigenvalue weighted by Gasteiger charge is -2.35. The summed E-state index contributed by atoms with van der Waals surface area (Å²) in [7, 11) is 0. The van der Waals surface area contributed by atoms with E-state index < -0.39 is 0 Å². The maximum absolute atomic E-state index is 12.6. The van der Waals surface area contributed by atoms with Gasteiger partial charge in [0.1, 0.15) is 0 Å². The largest absolute Gasteiger partial charge is 0.338 e. The molecule has 3 rings (SSSR count). The van der Waals surface area contributed by atoms with E-state index in [0.717, 1.165) is 25.4 Å². The molecule has 3 nitrogen and oxygen atoms in total. The van der Waals surface area contributed by atoms with Gasteiger partial charge >= 0.3 is 0 Å². The molecule has 1 aliphatic carbocycles. The van der Waals surface area contributed by atoms with Gasteiger partial charge < -0.3 is 10.2 Å². The first-order valence-electron chi connectivity index (χ1n) is 7.90. The summed E-state index contributed by atoms with van der Waals surface area (Å²) >= 11 is 0. The number of carbonyl (C=O) groups is 1. The molecule has 0 spiro atoms. The molecule has 2 saturated heterocycles. The minimum absolute atomic E-state index is 0.134. The Hall–Kier alpha value is -0.570. The molecule has 3 fully saturated rings. The third kappa shape index (κ3) is 2.42. The Kier molecular flexibility index (Phi) is 3.88. The van der Waals surface area contributed by atoms with Gasteiger partial charge in [-0.2, -0.15) is 0 Å². The van der Waals surface area contributed by atoms with Crippen LogP contribution < -0.4 is 5.32 Å². The molecule has 2 aliphatic heterocycles. The van der Waals surface area contributed by atoms with E-state index in [1.165, 1.54) is 51.4 Å². The lowest BCUT2D eigenvalue weighted by atomic mass is 9.83. The van der Waals surface area contributed by atoms with Gasteiger partial charge in [0.05, 0.1) is 6.04 Å². The van der Waals surface area contributed by atoms with E-state index >= 15 is 0 Å². The van der Waals surface area contributed by atoms with E-state index in [9.17, 15) is 4.79 Å². The molecule has 0 aromatic heterocycles. The van der Waals surface area contributed by atoms with E-state index in [2.05, 4.69) is 10.2 Å². The molecule has 0 bridgehead atoms. The molecule has 1 N–H and O–H groups in total. The topological polar surface area (TPSA) is 32.3 Å². The lowest BCUT2D eigenvalue weighted by Crippen LogP contribution is -2.48. The van der Waals surface area contributed by atoms with Gasteiger partial charge in [-0.1, -0.05) is 19.3 Å². The molecule has 2 heterocycles. The Balaban J connectivity index is 1.64. The van der Waals surface area contributed by atoms with Crippen LogP contribution in [-0.2, 0) is 4.79 Å². The van der Waals surface area contributed by atoms with Crippen LogP contribution in [0.25, 0.3) is 0 Å². The Labute approximate surface area is 110 Å². The van der Waals surface area contributed by atoms with E-state index in [1.54, 1.807) is 0 Å². The Morgan fingerprint density at radius 1 is 0.944 bits per heavy atom. The predicted molar refractivity (Wildman–Crippen MR) is 72.3 cm³/mol. The Bertz CT molecular complexity index is 293. The van der Waals surface area contributed by atoms with Crippen molar-refractivity contribution in [2.24, 2.45) is 5.92 Å². The third-order valence-electron chi connectivity index (χ3n) is 5.13. The number of carbonyl (C=O) groups excluding carboxylic acids is 1. The lowest BCUT2D eigenvalue weighted by molar-refractivity contribution is -0.135. The van der Waals surface area contributed by atoms with Gasteiger partial charge in [0.25, 0.3) is 0 Å². The minimum atomic E-state index is 0.134. The van der Waals surface area contributed by atoms with Gasteiger partial charge in [-0.15, -0.1) is 0 Å². The van der Waals surface area contributed by atoms with E-state index in [1.807, 2.05) is 0 Å². The molecule has 3 aliphatic rings. The van der Waals surface area contributed by atoms with Crippen LogP contribution in [0.1, 0.15) is 57.8 Å². The van der Waals surface area contributed by atoms with Gasteiger partial charge in [0.15, 0.2) is 0 Å². The van der Waals surface area contributed by atoms with E-state index in [4.69, 9.17) is 0 Å². The molecule has 2 atom stereocenters. The van der Waals surface area contributed by atoms with Gasteiger partial charge in [-0.25, -0.2) is 0 Å². The zero-order valence-electron chi connectivity index (χ0n) is 11.4. The average molecular weight is 250 g/mol. The number of nitrogens with one attached hydrogen (secondary N) is 1. The first kappa shape index (κ1) is 12.5. The second-order valence-electron chi connectivity index (χ2n) is 6.29. The second kappa shape index (κ2) is 5.60. The predicted octanol–water partition coefficient (Wildman–Crippen LogP) is 2.31. The summed E-state index contributed by atoms with van der Waals surface area (Å²) in [5, 5.41) is 3.37. The van der Waals surface area contributed by atoms with Crippen molar-refractivity contribution in [1.29, 1.82) is 0 Å². The van der Waals surface area contributed by atoms with Crippen LogP contribution >= 0.6 is 0 Å². The summed E-state index contributed by atoms with van der Waals surface area (Å²) in [5.74, 6) is 1.20. The minimum Gasteiger partial charge on any atom is -0.338 e. The van der Waals surface area contributed by atoms with Crippen molar-refractivity contribution in [3.05, 3.63) is 0 Å². The van der Waals surface area contributed by atoms with Gasteiger partial charge in [0.2, 0.25) is 5.91 Å². The first-order valence-corrected chi connectivity index (χ1v) is 7.90. The molecule has 0 radical (unpaired) electrons. The van der Waals surface area contributed by atoms with Crippen molar-refractivity contribution in [1.82, 2.24) is 10.2 Å². The zero-order chi connectivity index (χ0) is 12.4. The summed E-state index contributed by atoms with van der Waals surface area (Å²) in [6.07, 6.45) is 11.6. The molecular weight excluding hydrogens is 224 g/mol. The van der Waals surface area contributed by atoms with Crippen molar-refractivity contribution in [3.8, 4) is 0 Å². The Morgan fingerprint density at radius 3 is 2.50 bits per heavy atom. The summed E-state index contributed by atoms with van der Waals surface area (Å²) in [5.41, 5.74) is 0. The fraction of sp³-hybridized carbons (Fsp3) is 0.933. The molecule has 102 valence electrons. The smallest absolute Gasteiger partial charge is 0.239 e. The molecule has 18 heavy (non-hydrogen) atoms. The number of rotatable bonds is 2. The first-order chi connectivity index (χ1) is 8.86. The van der Waals surface area contributed by atoms with E-state index in [-0.39, 0.29) is 6.04 Å².